The van der Waals surface area contributed by atoms with Crippen molar-refractivity contribution in [3.8, 4) is 0 Å². The van der Waals surface area contributed by atoms with Gasteiger partial charge in [0.2, 0.25) is 53.2 Å². The van der Waals surface area contributed by atoms with E-state index in [1.54, 1.807) is 109 Å². The zero-order valence-electron chi connectivity index (χ0n) is 46.9. The lowest BCUT2D eigenvalue weighted by molar-refractivity contribution is -0.144. The molecule has 21 nitrogen and oxygen atoms in total. The summed E-state index contributed by atoms with van der Waals surface area (Å²) in [6.45, 7) is 12.4. The Labute approximate surface area is 466 Å². The number of fused-ring (bicyclic) bond motifs is 2. The normalized spacial score (nSPS) is 24.5. The standard InChI is InChI=1S/C59H78N10O11/c1-9-34(7)49-58(79)64-44(31-70)52(73)61-30-46(71)62-43(28-39-29-60-41-20-15-14-19-40(39)41)54(75)65-47(32(3)4)56(77)66-48(33(5)6)57(78)68-50(35(8)10-2)59(80)69-26-16-21-45(69)55(76)63-42(53(74)67-49)27-36-22-24-38(25-23-36)51(72)37-17-12-11-13-18-37/h11-15,17-20,22-25,29,32-35,42-45,47-50,60,70H,9-10,16,21,26-28,30-31H2,1-8H3,(H,61,73)(H,62,71)(H,63,76)(H,64,79)(H,65,75)(H,66,77)(H,67,74)(H,68,78)/t34-,35-,42-,43-,44-,45-,47-,48-,49-,50-/m0/s1. The number of aromatic amines is 1. The van der Waals surface area contributed by atoms with Gasteiger partial charge >= 0.3 is 0 Å². The molecule has 0 bridgehead atoms. The number of H-pyrrole nitrogens is 1. The van der Waals surface area contributed by atoms with Crippen LogP contribution >= 0.6 is 0 Å². The highest BCUT2D eigenvalue weighted by Crippen LogP contribution is 2.24. The number of carbonyl (C=O) groups excluding carboxylic acids is 10. The fourth-order valence-corrected chi connectivity index (χ4v) is 9.91. The fourth-order valence-electron chi connectivity index (χ4n) is 9.91. The largest absolute Gasteiger partial charge is 0.394 e. The van der Waals surface area contributed by atoms with Gasteiger partial charge < -0.3 is 57.5 Å². The maximum absolute atomic E-state index is 14.8. The van der Waals surface area contributed by atoms with Crippen LogP contribution in [0.4, 0.5) is 0 Å². The number of hydrogen-bond donors (Lipinski definition) is 10. The van der Waals surface area contributed by atoms with Crippen molar-refractivity contribution in [2.24, 2.45) is 23.7 Å². The number of para-hydroxylation sites is 1. The lowest BCUT2D eigenvalue weighted by Crippen LogP contribution is -2.62. The highest BCUT2D eigenvalue weighted by molar-refractivity contribution is 6.09. The molecule has 0 aliphatic carbocycles. The number of aliphatic hydroxyl groups is 1. The first-order chi connectivity index (χ1) is 38.1. The number of aromatic nitrogens is 1. The highest BCUT2D eigenvalue weighted by atomic mass is 16.3. The summed E-state index contributed by atoms with van der Waals surface area (Å²) in [7, 11) is 0. The smallest absolute Gasteiger partial charge is 0.246 e. The summed E-state index contributed by atoms with van der Waals surface area (Å²) in [5.74, 6) is -9.17. The predicted octanol–water partition coefficient (Wildman–Crippen LogP) is 2.10. The van der Waals surface area contributed by atoms with Crippen molar-refractivity contribution in [2.45, 2.75) is 142 Å². The first-order valence-corrected chi connectivity index (χ1v) is 27.7. The molecule has 2 aliphatic rings. The number of carbonyl (C=O) groups is 10. The average molecular weight is 1100 g/mol. The van der Waals surface area contributed by atoms with Crippen molar-refractivity contribution >= 4 is 69.9 Å². The van der Waals surface area contributed by atoms with Gasteiger partial charge in [0.1, 0.15) is 48.3 Å². The second-order valence-electron chi connectivity index (χ2n) is 21.7. The summed E-state index contributed by atoms with van der Waals surface area (Å²) in [6, 6.07) is 12.2. The Bertz CT molecular complexity index is 2870. The third-order valence-corrected chi connectivity index (χ3v) is 15.2. The van der Waals surface area contributed by atoms with E-state index in [-0.39, 0.29) is 31.6 Å². The van der Waals surface area contributed by atoms with Crippen molar-refractivity contribution < 1.29 is 53.1 Å². The number of benzene rings is 3. The van der Waals surface area contributed by atoms with Gasteiger partial charge in [0.25, 0.3) is 0 Å². The molecular formula is C59H78N10O11. The van der Waals surface area contributed by atoms with Crippen molar-refractivity contribution in [3.63, 3.8) is 0 Å². The molecule has 4 aromatic rings. The average Bonchev–Trinajstić information content (AvgIpc) is 4.17. The Morgan fingerprint density at radius 3 is 1.70 bits per heavy atom. The Balaban J connectivity index is 1.36. The molecule has 430 valence electrons. The molecule has 9 amide bonds. The molecule has 10 atom stereocenters. The van der Waals surface area contributed by atoms with E-state index < -0.39 is 138 Å². The quantitative estimate of drug-likeness (QED) is 0.0865. The van der Waals surface area contributed by atoms with E-state index in [1.807, 2.05) is 31.2 Å². The minimum Gasteiger partial charge on any atom is -0.394 e. The summed E-state index contributed by atoms with van der Waals surface area (Å²) < 4.78 is 0. The summed E-state index contributed by atoms with van der Waals surface area (Å²) in [6.07, 6.45) is 2.90. The number of amides is 9. The van der Waals surface area contributed by atoms with E-state index in [9.17, 15) is 53.1 Å². The van der Waals surface area contributed by atoms with Gasteiger partial charge in [-0.2, -0.15) is 0 Å². The SMILES string of the molecule is CC[C@H](C)[C@@H]1NC(=O)[C@H](Cc2ccc(C(=O)c3ccccc3)cc2)NC(=O)[C@@H]2CCCN2C(=O)[C@H]([C@@H](C)CC)NC(=O)[C@H](C(C)C)NC(=O)[C@H](C(C)C)NC(=O)[C@H](Cc2c[nH]c3ccccc23)NC(=O)CNC(=O)[C@H](CO)NC1=O. The van der Waals surface area contributed by atoms with Crippen LogP contribution in [0.15, 0.2) is 85.1 Å². The van der Waals surface area contributed by atoms with Gasteiger partial charge in [-0.15, -0.1) is 0 Å². The summed E-state index contributed by atoms with van der Waals surface area (Å²) in [4.78, 5) is 147. The number of rotatable bonds is 13. The van der Waals surface area contributed by atoms with E-state index >= 15 is 0 Å². The van der Waals surface area contributed by atoms with Crippen LogP contribution in [0.1, 0.15) is 108 Å². The molecule has 3 heterocycles. The minimum atomic E-state index is -1.62. The molecule has 3 aromatic carbocycles. The number of hydrogen-bond acceptors (Lipinski definition) is 11. The minimum absolute atomic E-state index is 0.0655. The molecular weight excluding hydrogens is 1020 g/mol. The number of nitrogens with zero attached hydrogens (tertiary/aromatic N) is 1. The molecule has 2 fully saturated rings. The first kappa shape index (κ1) is 61.3. The van der Waals surface area contributed by atoms with Crippen LogP contribution in [0.25, 0.3) is 10.9 Å². The zero-order chi connectivity index (χ0) is 58.4. The van der Waals surface area contributed by atoms with Crippen LogP contribution in [0.5, 0.6) is 0 Å². The van der Waals surface area contributed by atoms with Gasteiger partial charge in [-0.1, -0.05) is 141 Å². The van der Waals surface area contributed by atoms with E-state index in [1.165, 1.54) is 4.90 Å². The number of nitrogens with one attached hydrogen (secondary N) is 9. The third-order valence-electron chi connectivity index (χ3n) is 15.2. The summed E-state index contributed by atoms with van der Waals surface area (Å²) in [5.41, 5.74) is 2.80. The van der Waals surface area contributed by atoms with Crippen LogP contribution in [0, 0.1) is 23.7 Å². The molecule has 1 aromatic heterocycles. The molecule has 2 aliphatic heterocycles. The summed E-state index contributed by atoms with van der Waals surface area (Å²) >= 11 is 0. The Morgan fingerprint density at radius 2 is 1.09 bits per heavy atom. The van der Waals surface area contributed by atoms with E-state index in [4.69, 9.17) is 0 Å². The van der Waals surface area contributed by atoms with Crippen LogP contribution in [0.2, 0.25) is 0 Å². The van der Waals surface area contributed by atoms with E-state index in [0.717, 1.165) is 10.9 Å². The number of aliphatic hydroxyl groups excluding tert-OH is 1. The zero-order valence-corrected chi connectivity index (χ0v) is 46.9. The molecule has 21 heteroatoms. The van der Waals surface area contributed by atoms with Crippen molar-refractivity contribution in [2.75, 3.05) is 19.7 Å². The van der Waals surface area contributed by atoms with Crippen LogP contribution in [0.3, 0.4) is 0 Å². The van der Waals surface area contributed by atoms with Gasteiger partial charge in [-0.25, -0.2) is 0 Å². The molecule has 80 heavy (non-hydrogen) atoms. The van der Waals surface area contributed by atoms with Gasteiger partial charge in [0.15, 0.2) is 5.78 Å². The van der Waals surface area contributed by atoms with Gasteiger partial charge in [0.05, 0.1) is 13.2 Å². The Kier molecular flexibility index (Phi) is 21.7. The van der Waals surface area contributed by atoms with Crippen molar-refractivity contribution in [1.82, 2.24) is 52.4 Å². The lowest BCUT2D eigenvalue weighted by Gasteiger charge is -2.34. The molecule has 0 spiro atoms. The topological polar surface area (TPSA) is 306 Å². The molecule has 10 N–H and O–H groups in total. The molecule has 0 unspecified atom stereocenters. The Hall–Kier alpha value is -7.94. The monoisotopic (exact) mass is 1100 g/mol. The second kappa shape index (κ2) is 28.3. The van der Waals surface area contributed by atoms with Crippen LogP contribution < -0.4 is 42.5 Å². The third kappa shape index (κ3) is 15.5. The predicted molar refractivity (Wildman–Crippen MR) is 299 cm³/mol. The molecule has 0 radical (unpaired) electrons. The van der Waals surface area contributed by atoms with Crippen molar-refractivity contribution in [3.05, 3.63) is 107 Å². The number of ketones is 1. The molecule has 0 saturated carbocycles. The van der Waals surface area contributed by atoms with Crippen LogP contribution in [-0.2, 0) is 56.0 Å². The highest BCUT2D eigenvalue weighted by Gasteiger charge is 2.42. The van der Waals surface area contributed by atoms with Crippen LogP contribution in [-0.4, -0.2) is 142 Å². The van der Waals surface area contributed by atoms with Gasteiger partial charge in [-0.3, -0.25) is 47.9 Å². The molecule has 6 rings (SSSR count). The van der Waals surface area contributed by atoms with E-state index in [0.29, 0.717) is 41.5 Å². The second-order valence-corrected chi connectivity index (χ2v) is 21.7. The van der Waals surface area contributed by atoms with Gasteiger partial charge in [0, 0.05) is 47.6 Å². The molecule has 2 saturated heterocycles. The maximum atomic E-state index is 14.8. The van der Waals surface area contributed by atoms with Gasteiger partial charge in [-0.05, 0) is 53.7 Å². The Morgan fingerprint density at radius 1 is 0.562 bits per heavy atom. The van der Waals surface area contributed by atoms with E-state index in [2.05, 4.69) is 47.5 Å². The maximum Gasteiger partial charge on any atom is 0.246 e. The van der Waals surface area contributed by atoms with Crippen molar-refractivity contribution in [1.29, 1.82) is 0 Å². The first-order valence-electron chi connectivity index (χ1n) is 27.7. The lowest BCUT2D eigenvalue weighted by atomic mass is 9.95. The summed E-state index contributed by atoms with van der Waals surface area (Å²) in [5, 5.41) is 32.8. The fraction of sp³-hybridized carbons (Fsp3) is 0.492.